The van der Waals surface area contributed by atoms with E-state index in [1.807, 2.05) is 31.2 Å². The highest BCUT2D eigenvalue weighted by Crippen LogP contribution is 2.35. The Morgan fingerprint density at radius 1 is 1.19 bits per heavy atom. The molecule has 1 aromatic rings. The Morgan fingerprint density at radius 2 is 1.93 bits per heavy atom. The van der Waals surface area contributed by atoms with Crippen LogP contribution in [0.25, 0.3) is 0 Å². The van der Waals surface area contributed by atoms with Gasteiger partial charge >= 0.3 is 5.97 Å². The second-order valence-corrected chi connectivity index (χ2v) is 8.02. The van der Waals surface area contributed by atoms with Gasteiger partial charge in [0.15, 0.2) is 5.11 Å². The van der Waals surface area contributed by atoms with Crippen LogP contribution in [0.2, 0.25) is 0 Å². The van der Waals surface area contributed by atoms with Crippen molar-refractivity contribution in [3.05, 3.63) is 41.1 Å². The first kappa shape index (κ1) is 19.7. The highest BCUT2D eigenvalue weighted by molar-refractivity contribution is 7.80. The molecule has 1 saturated carbocycles. The van der Waals surface area contributed by atoms with Crippen molar-refractivity contribution >= 4 is 23.3 Å². The van der Waals surface area contributed by atoms with E-state index in [9.17, 15) is 4.79 Å². The van der Waals surface area contributed by atoms with E-state index in [-0.39, 0.29) is 12.1 Å². The number of hydrogen-bond donors (Lipinski definition) is 2. The molecule has 3 rings (SSSR count). The number of ether oxygens (including phenoxy) is 2. The van der Waals surface area contributed by atoms with Crippen molar-refractivity contribution in [2.24, 2.45) is 11.8 Å². The Balaban J connectivity index is 1.87. The smallest absolute Gasteiger partial charge is 0.338 e. The molecule has 0 aromatic heterocycles. The Morgan fingerprint density at radius 3 is 2.63 bits per heavy atom. The van der Waals surface area contributed by atoms with Crippen LogP contribution in [0.5, 0.6) is 5.75 Å². The molecule has 0 radical (unpaired) electrons. The number of rotatable bonds is 4. The molecule has 4 atom stereocenters. The van der Waals surface area contributed by atoms with Crippen LogP contribution in [0, 0.1) is 11.8 Å². The zero-order valence-electron chi connectivity index (χ0n) is 16.4. The van der Waals surface area contributed by atoms with Gasteiger partial charge in [-0.25, -0.2) is 4.79 Å². The maximum Gasteiger partial charge on any atom is 0.338 e. The first-order chi connectivity index (χ1) is 12.9. The summed E-state index contributed by atoms with van der Waals surface area (Å²) in [7, 11) is 1.62. The highest BCUT2D eigenvalue weighted by Gasteiger charge is 2.35. The van der Waals surface area contributed by atoms with Crippen molar-refractivity contribution in [2.75, 3.05) is 7.11 Å². The van der Waals surface area contributed by atoms with Gasteiger partial charge in [-0.05, 0) is 56.3 Å². The van der Waals surface area contributed by atoms with Crippen LogP contribution in [0.4, 0.5) is 0 Å². The third-order valence-corrected chi connectivity index (χ3v) is 5.98. The lowest BCUT2D eigenvalue weighted by Gasteiger charge is -2.34. The predicted octanol–water partition coefficient (Wildman–Crippen LogP) is 3.86. The van der Waals surface area contributed by atoms with Gasteiger partial charge in [0.25, 0.3) is 0 Å². The molecule has 0 bridgehead atoms. The number of carbonyl (C=O) groups excluding carboxylic acids is 1. The largest absolute Gasteiger partial charge is 0.496 e. The fraction of sp³-hybridized carbons (Fsp3) is 0.524. The SMILES string of the molecule is COc1ccccc1[C@H]1NC(=S)NC(C)=C1C(=O)O[C@H]1CC[C@@H](C)[C@@H](C)C1. The Hall–Kier alpha value is -2.08. The van der Waals surface area contributed by atoms with Gasteiger partial charge in [-0.15, -0.1) is 0 Å². The summed E-state index contributed by atoms with van der Waals surface area (Å²) in [5, 5.41) is 6.75. The molecule has 5 nitrogen and oxygen atoms in total. The van der Waals surface area contributed by atoms with Crippen molar-refractivity contribution in [1.82, 2.24) is 10.6 Å². The highest BCUT2D eigenvalue weighted by atomic mass is 32.1. The van der Waals surface area contributed by atoms with Crippen molar-refractivity contribution in [3.63, 3.8) is 0 Å². The van der Waals surface area contributed by atoms with E-state index in [1.165, 1.54) is 0 Å². The van der Waals surface area contributed by atoms with E-state index in [0.29, 0.717) is 28.3 Å². The fourth-order valence-corrected chi connectivity index (χ4v) is 4.19. The number of allylic oxidation sites excluding steroid dienone is 1. The van der Waals surface area contributed by atoms with E-state index >= 15 is 0 Å². The summed E-state index contributed by atoms with van der Waals surface area (Å²) in [5.74, 6) is 1.65. The summed E-state index contributed by atoms with van der Waals surface area (Å²) >= 11 is 5.32. The standard InChI is InChI=1S/C21H28N2O3S/c1-12-9-10-15(11-13(12)2)26-20(24)18-14(3)22-21(27)23-19(18)16-7-5-6-8-17(16)25-4/h5-8,12-13,15,19H,9-11H2,1-4H3,(H2,22,23,27)/t12-,13+,15+,19-/m1/s1. The molecule has 1 fully saturated rings. The van der Waals surface area contributed by atoms with Gasteiger partial charge in [-0.2, -0.15) is 0 Å². The number of methoxy groups -OCH3 is 1. The Kier molecular flexibility index (Phi) is 6.05. The van der Waals surface area contributed by atoms with Gasteiger partial charge in [-0.1, -0.05) is 32.0 Å². The zero-order valence-corrected chi connectivity index (χ0v) is 17.2. The molecule has 1 aliphatic carbocycles. The molecular formula is C21H28N2O3S. The quantitative estimate of drug-likeness (QED) is 0.603. The van der Waals surface area contributed by atoms with E-state index in [2.05, 4.69) is 24.5 Å². The van der Waals surface area contributed by atoms with Crippen LogP contribution < -0.4 is 15.4 Å². The molecule has 1 aliphatic heterocycles. The van der Waals surface area contributed by atoms with Crippen molar-refractivity contribution in [1.29, 1.82) is 0 Å². The molecule has 0 spiro atoms. The number of thiocarbonyl (C=S) groups is 1. The summed E-state index contributed by atoms with van der Waals surface area (Å²) in [6.45, 7) is 6.36. The van der Waals surface area contributed by atoms with Gasteiger partial charge < -0.3 is 20.1 Å². The summed E-state index contributed by atoms with van der Waals surface area (Å²) in [6.07, 6.45) is 2.89. The minimum atomic E-state index is -0.401. The van der Waals surface area contributed by atoms with E-state index < -0.39 is 6.04 Å². The molecule has 0 unspecified atom stereocenters. The normalized spacial score (nSPS) is 28.2. The first-order valence-electron chi connectivity index (χ1n) is 9.52. The van der Waals surface area contributed by atoms with Crippen LogP contribution in [0.1, 0.15) is 51.6 Å². The minimum Gasteiger partial charge on any atom is -0.496 e. The van der Waals surface area contributed by atoms with Gasteiger partial charge in [0.05, 0.1) is 18.7 Å². The second-order valence-electron chi connectivity index (χ2n) is 7.61. The molecular weight excluding hydrogens is 360 g/mol. The van der Waals surface area contributed by atoms with E-state index in [4.69, 9.17) is 21.7 Å². The van der Waals surface area contributed by atoms with Crippen LogP contribution >= 0.6 is 12.2 Å². The van der Waals surface area contributed by atoms with E-state index in [0.717, 1.165) is 30.5 Å². The topological polar surface area (TPSA) is 59.6 Å². The number of hydrogen-bond acceptors (Lipinski definition) is 4. The number of carbonyl (C=O) groups is 1. The van der Waals surface area contributed by atoms with Crippen molar-refractivity contribution in [2.45, 2.75) is 52.2 Å². The first-order valence-corrected chi connectivity index (χ1v) is 9.93. The minimum absolute atomic E-state index is 0.0313. The fourth-order valence-electron chi connectivity index (χ4n) is 3.92. The van der Waals surface area contributed by atoms with E-state index in [1.54, 1.807) is 7.11 Å². The molecule has 2 N–H and O–H groups in total. The number of nitrogens with one attached hydrogen (secondary N) is 2. The third-order valence-electron chi connectivity index (χ3n) is 5.76. The lowest BCUT2D eigenvalue weighted by Crippen LogP contribution is -2.45. The molecule has 0 saturated heterocycles. The predicted molar refractivity (Wildman–Crippen MR) is 109 cm³/mol. The van der Waals surface area contributed by atoms with Crippen LogP contribution in [-0.2, 0) is 9.53 Å². The number of benzene rings is 1. The van der Waals surface area contributed by atoms with Crippen LogP contribution in [-0.4, -0.2) is 24.3 Å². The van der Waals surface area contributed by atoms with Crippen molar-refractivity contribution < 1.29 is 14.3 Å². The molecule has 146 valence electrons. The molecule has 2 aliphatic rings. The monoisotopic (exact) mass is 388 g/mol. The Labute approximate surface area is 166 Å². The molecule has 6 heteroatoms. The average molecular weight is 389 g/mol. The Bertz CT molecular complexity index is 762. The molecule has 1 heterocycles. The van der Waals surface area contributed by atoms with Gasteiger partial charge in [0.2, 0.25) is 0 Å². The number of esters is 1. The molecule has 27 heavy (non-hydrogen) atoms. The van der Waals surface area contributed by atoms with Crippen molar-refractivity contribution in [3.8, 4) is 5.75 Å². The summed E-state index contributed by atoms with van der Waals surface area (Å²) < 4.78 is 11.4. The van der Waals surface area contributed by atoms with Gasteiger partial charge in [-0.3, -0.25) is 0 Å². The third kappa shape index (κ3) is 4.26. The van der Waals surface area contributed by atoms with Crippen LogP contribution in [0.3, 0.4) is 0 Å². The average Bonchev–Trinajstić information content (AvgIpc) is 2.64. The summed E-state index contributed by atoms with van der Waals surface area (Å²) in [4.78, 5) is 13.1. The molecule has 0 amide bonds. The summed E-state index contributed by atoms with van der Waals surface area (Å²) in [5.41, 5.74) is 2.14. The maximum absolute atomic E-state index is 13.1. The van der Waals surface area contributed by atoms with Crippen LogP contribution in [0.15, 0.2) is 35.5 Å². The lowest BCUT2D eigenvalue weighted by atomic mass is 9.80. The van der Waals surface area contributed by atoms with Gasteiger partial charge in [0.1, 0.15) is 11.9 Å². The summed E-state index contributed by atoms with van der Waals surface area (Å²) in [6, 6.07) is 7.25. The second kappa shape index (κ2) is 8.30. The zero-order chi connectivity index (χ0) is 19.6. The van der Waals surface area contributed by atoms with Gasteiger partial charge in [0, 0.05) is 11.3 Å². The maximum atomic E-state index is 13.1. The lowest BCUT2D eigenvalue weighted by molar-refractivity contribution is -0.147. The number of para-hydroxylation sites is 1. The molecule has 1 aromatic carbocycles.